The van der Waals surface area contributed by atoms with E-state index >= 15 is 0 Å². The van der Waals surface area contributed by atoms with Crippen LogP contribution in [0.1, 0.15) is 19.4 Å². The van der Waals surface area contributed by atoms with Crippen molar-refractivity contribution in [2.45, 2.75) is 13.8 Å². The Morgan fingerprint density at radius 1 is 1.21 bits per heavy atom. The van der Waals surface area contributed by atoms with Crippen molar-refractivity contribution >= 4 is 11.5 Å². The molecule has 0 spiro atoms. The van der Waals surface area contributed by atoms with Gasteiger partial charge in [-0.2, -0.15) is 0 Å². The summed E-state index contributed by atoms with van der Waals surface area (Å²) < 4.78 is 16.0. The van der Waals surface area contributed by atoms with Crippen LogP contribution in [0.25, 0.3) is 5.57 Å². The van der Waals surface area contributed by atoms with Crippen molar-refractivity contribution in [3.8, 4) is 0 Å². The number of rotatable bonds is 4. The Hall–Kier alpha value is -1.97. The van der Waals surface area contributed by atoms with Gasteiger partial charge in [0.15, 0.2) is 0 Å². The second-order valence-electron chi connectivity index (χ2n) is 4.72. The zero-order chi connectivity index (χ0) is 13.7. The maximum Gasteiger partial charge on any atom is 0.346 e. The number of benzene rings is 1. The van der Waals surface area contributed by atoms with E-state index in [1.807, 2.05) is 44.2 Å². The molecule has 0 N–H and O–H groups in total. The van der Waals surface area contributed by atoms with Crippen molar-refractivity contribution in [1.82, 2.24) is 0 Å². The minimum atomic E-state index is -0.406. The Morgan fingerprint density at radius 3 is 2.42 bits per heavy atom. The molecule has 0 aliphatic carbocycles. The molecular formula is C15H18O4. The monoisotopic (exact) mass is 262 g/mol. The summed E-state index contributed by atoms with van der Waals surface area (Å²) in [6, 6.07) is 9.29. The first-order valence-corrected chi connectivity index (χ1v) is 6.41. The molecule has 102 valence electrons. The summed E-state index contributed by atoms with van der Waals surface area (Å²) in [5.41, 5.74) is 1.10. The van der Waals surface area contributed by atoms with Crippen LogP contribution >= 0.6 is 0 Å². The SMILES string of the molecule is CC(C)COC(=O)C(=C1OCCO1)c1ccccc1. The molecule has 1 aromatic rings. The van der Waals surface area contributed by atoms with Crippen molar-refractivity contribution in [1.29, 1.82) is 0 Å². The predicted octanol–water partition coefficient (Wildman–Crippen LogP) is 2.60. The standard InChI is InChI=1S/C15H18O4/c1-11(2)10-19-14(16)13(15-17-8-9-18-15)12-6-4-3-5-7-12/h3-7,11H,8-10H2,1-2H3. The van der Waals surface area contributed by atoms with E-state index in [0.29, 0.717) is 25.4 Å². The molecule has 1 aliphatic heterocycles. The lowest BCUT2D eigenvalue weighted by Crippen LogP contribution is -2.13. The molecule has 1 fully saturated rings. The van der Waals surface area contributed by atoms with Crippen molar-refractivity contribution in [2.24, 2.45) is 5.92 Å². The van der Waals surface area contributed by atoms with Crippen LogP contribution in [-0.2, 0) is 19.0 Å². The molecule has 1 aromatic carbocycles. The van der Waals surface area contributed by atoms with E-state index in [2.05, 4.69) is 0 Å². The van der Waals surface area contributed by atoms with Crippen molar-refractivity contribution in [3.05, 3.63) is 41.8 Å². The fraction of sp³-hybridized carbons (Fsp3) is 0.400. The molecule has 0 unspecified atom stereocenters. The Bertz CT molecular complexity index is 454. The van der Waals surface area contributed by atoms with Crippen LogP contribution in [0.3, 0.4) is 0 Å². The topological polar surface area (TPSA) is 44.8 Å². The fourth-order valence-electron chi connectivity index (χ4n) is 1.69. The smallest absolute Gasteiger partial charge is 0.346 e. The molecule has 4 nitrogen and oxygen atoms in total. The van der Waals surface area contributed by atoms with Crippen LogP contribution < -0.4 is 0 Å². The van der Waals surface area contributed by atoms with Gasteiger partial charge in [0.05, 0.1) is 6.61 Å². The highest BCUT2D eigenvalue weighted by molar-refractivity contribution is 6.16. The molecule has 0 saturated carbocycles. The second kappa shape index (κ2) is 6.27. The third-order valence-corrected chi connectivity index (χ3v) is 2.57. The Balaban J connectivity index is 2.25. The van der Waals surface area contributed by atoms with E-state index in [-0.39, 0.29) is 11.9 Å². The van der Waals surface area contributed by atoms with E-state index in [9.17, 15) is 4.79 Å². The molecule has 0 radical (unpaired) electrons. The van der Waals surface area contributed by atoms with Gasteiger partial charge < -0.3 is 14.2 Å². The van der Waals surface area contributed by atoms with E-state index in [4.69, 9.17) is 14.2 Å². The van der Waals surface area contributed by atoms with Crippen molar-refractivity contribution in [3.63, 3.8) is 0 Å². The average molecular weight is 262 g/mol. The maximum atomic E-state index is 12.2. The molecular weight excluding hydrogens is 244 g/mol. The number of carbonyl (C=O) groups excluding carboxylic acids is 1. The summed E-state index contributed by atoms with van der Waals surface area (Å²) >= 11 is 0. The minimum Gasteiger partial charge on any atom is -0.462 e. The second-order valence-corrected chi connectivity index (χ2v) is 4.72. The Morgan fingerprint density at radius 2 is 1.84 bits per heavy atom. The molecule has 0 atom stereocenters. The van der Waals surface area contributed by atoms with E-state index in [1.165, 1.54) is 0 Å². The molecule has 2 rings (SSSR count). The summed E-state index contributed by atoms with van der Waals surface area (Å²) in [5, 5.41) is 0. The number of carbonyl (C=O) groups is 1. The minimum absolute atomic E-state index is 0.264. The lowest BCUT2D eigenvalue weighted by Gasteiger charge is -2.11. The third-order valence-electron chi connectivity index (χ3n) is 2.57. The molecule has 0 bridgehead atoms. The van der Waals surface area contributed by atoms with Gasteiger partial charge in [-0.05, 0) is 11.5 Å². The molecule has 19 heavy (non-hydrogen) atoms. The van der Waals surface area contributed by atoms with Crippen LogP contribution in [0, 0.1) is 5.92 Å². The van der Waals surface area contributed by atoms with Gasteiger partial charge in [-0.15, -0.1) is 0 Å². The lowest BCUT2D eigenvalue weighted by atomic mass is 10.1. The largest absolute Gasteiger partial charge is 0.462 e. The zero-order valence-corrected chi connectivity index (χ0v) is 11.2. The number of hydrogen-bond acceptors (Lipinski definition) is 4. The summed E-state index contributed by atoms with van der Waals surface area (Å²) in [7, 11) is 0. The fourth-order valence-corrected chi connectivity index (χ4v) is 1.69. The summed E-state index contributed by atoms with van der Waals surface area (Å²) in [6.45, 7) is 5.28. The number of ether oxygens (including phenoxy) is 3. The molecule has 4 heteroatoms. The van der Waals surface area contributed by atoms with Crippen LogP contribution in [0.5, 0.6) is 0 Å². The summed E-state index contributed by atoms with van der Waals surface area (Å²) in [4.78, 5) is 12.2. The first-order valence-electron chi connectivity index (χ1n) is 6.41. The van der Waals surface area contributed by atoms with Gasteiger partial charge in [0.1, 0.15) is 18.8 Å². The molecule has 0 amide bonds. The summed E-state index contributed by atoms with van der Waals surface area (Å²) in [5.74, 6) is 0.146. The summed E-state index contributed by atoms with van der Waals surface area (Å²) in [6.07, 6.45) is 0. The van der Waals surface area contributed by atoms with Gasteiger partial charge in [-0.3, -0.25) is 0 Å². The normalized spacial score (nSPS) is 13.9. The van der Waals surface area contributed by atoms with Gasteiger partial charge >= 0.3 is 5.97 Å². The first kappa shape index (κ1) is 13.5. The number of esters is 1. The third kappa shape index (κ3) is 3.50. The van der Waals surface area contributed by atoms with Crippen LogP contribution in [0.4, 0.5) is 0 Å². The first-order chi connectivity index (χ1) is 9.18. The Labute approximate surface area is 113 Å². The van der Waals surface area contributed by atoms with Crippen molar-refractivity contribution < 1.29 is 19.0 Å². The van der Waals surface area contributed by atoms with Gasteiger partial charge in [0, 0.05) is 0 Å². The quantitative estimate of drug-likeness (QED) is 0.618. The van der Waals surface area contributed by atoms with E-state index in [1.54, 1.807) is 0 Å². The van der Waals surface area contributed by atoms with Crippen LogP contribution in [0.15, 0.2) is 36.3 Å². The highest BCUT2D eigenvalue weighted by Crippen LogP contribution is 2.24. The predicted molar refractivity (Wildman–Crippen MR) is 71.1 cm³/mol. The van der Waals surface area contributed by atoms with Crippen molar-refractivity contribution in [2.75, 3.05) is 19.8 Å². The van der Waals surface area contributed by atoms with Gasteiger partial charge in [-0.25, -0.2) is 4.79 Å². The van der Waals surface area contributed by atoms with Gasteiger partial charge in [0.2, 0.25) is 0 Å². The van der Waals surface area contributed by atoms with E-state index < -0.39 is 5.97 Å². The average Bonchev–Trinajstić information content (AvgIpc) is 2.92. The highest BCUT2D eigenvalue weighted by Gasteiger charge is 2.25. The number of hydrogen-bond donors (Lipinski definition) is 0. The molecule has 1 heterocycles. The van der Waals surface area contributed by atoms with Crippen LogP contribution in [-0.4, -0.2) is 25.8 Å². The molecule has 0 aromatic heterocycles. The highest BCUT2D eigenvalue weighted by atomic mass is 16.7. The van der Waals surface area contributed by atoms with Gasteiger partial charge in [-0.1, -0.05) is 44.2 Å². The molecule has 1 aliphatic rings. The van der Waals surface area contributed by atoms with Crippen LogP contribution in [0.2, 0.25) is 0 Å². The van der Waals surface area contributed by atoms with Gasteiger partial charge in [0.25, 0.3) is 5.95 Å². The zero-order valence-electron chi connectivity index (χ0n) is 11.2. The Kier molecular flexibility index (Phi) is 4.44. The van der Waals surface area contributed by atoms with E-state index in [0.717, 1.165) is 5.56 Å². The maximum absolute atomic E-state index is 12.2. The lowest BCUT2D eigenvalue weighted by molar-refractivity contribution is -0.137. The molecule has 1 saturated heterocycles.